The SMILES string of the molecule is CC(C)S(=O)(=O)c1ccc(-c2cnc(N)c(-c3cc(-c4ccc(CN[C@H]5CCOC5)cc4)no3)n2)cc1.PP(P)P(P(P)P)P(P(P(P)P)P(P)P)P(P(P(P(P)P)P(P)P)P(P(P)P)P(P)P)P(P(P(P(P)P)P(P)P)P(P(P)P)P(P)P)P(P(P(P(P(P)P)P(P)P)P(P(P)P)P(P)P)P(P(P(P)P)P(P)P)P(P(P)P)P(P)P)P(P(P(P(P)P)P(P)P)P(P(P)P)P(P)P)P(P(P(P)P)P(P)P)P(P(P)P)P(P)P. The number of benzene rings is 2. The molecule has 0 aliphatic carbocycles. The van der Waals surface area contributed by atoms with Gasteiger partial charge in [0.05, 0.1) is 28.6 Å². The fourth-order valence-corrected chi connectivity index (χ4v) is 1670. The van der Waals surface area contributed by atoms with Crippen LogP contribution in [0.1, 0.15) is 25.8 Å². The van der Waals surface area contributed by atoms with Gasteiger partial charge >= 0.3 is 0 Å². The molecule has 0 amide bonds. The van der Waals surface area contributed by atoms with E-state index in [9.17, 15) is 8.42 Å². The highest BCUT2D eigenvalue weighted by atomic mass is 33.7. The van der Waals surface area contributed by atoms with Crippen LogP contribution in [0, 0.1) is 0 Å². The van der Waals surface area contributed by atoms with Crippen molar-refractivity contribution in [1.82, 2.24) is 20.4 Å². The van der Waals surface area contributed by atoms with Gasteiger partial charge in [-0.2, -0.15) is 0 Å². The summed E-state index contributed by atoms with van der Waals surface area (Å²) in [6.45, 7) is -21.6. The molecule has 3 heterocycles. The van der Waals surface area contributed by atoms with Gasteiger partial charge in [0.15, 0.2) is 27.1 Å². The molecule has 58 atom stereocenters. The monoisotopic (exact) mass is 4040 g/mol. The predicted molar refractivity (Wildman–Crippen MR) is 1060 cm³/mol. The highest BCUT2D eigenvalue weighted by Gasteiger charge is 2.69. The highest BCUT2D eigenvalue weighted by Crippen LogP contribution is 3.56. The normalized spacial score (nSPS) is 15.3. The zero-order chi connectivity index (χ0) is 113. The Bertz CT molecular complexity index is 3980. The molecule has 0 saturated carbocycles. The van der Waals surface area contributed by atoms with Crippen LogP contribution in [-0.4, -0.2) is 48.0 Å². The highest BCUT2D eigenvalue weighted by molar-refractivity contribution is 9.62. The summed E-state index contributed by atoms with van der Waals surface area (Å²) < 4.78 is 35.8. The quantitative estimate of drug-likeness (QED) is 0.0415. The average Bonchev–Trinajstić information content (AvgIpc) is 1.17. The summed E-state index contributed by atoms with van der Waals surface area (Å²) in [5.41, 5.74) is 10.5. The van der Waals surface area contributed by atoms with E-state index in [1.165, 1.54) is 5.56 Å². The third-order valence-corrected chi connectivity index (χ3v) is 801. The lowest BCUT2D eigenvalue weighted by atomic mass is 10.1. The summed E-state index contributed by atoms with van der Waals surface area (Å²) in [6.07, 6.45) is 2.59. The van der Waals surface area contributed by atoms with Gasteiger partial charge in [0, 0.05) is 36.4 Å². The van der Waals surface area contributed by atoms with E-state index in [1.807, 2.05) is 12.1 Å². The molecule has 120 heteroatoms. The van der Waals surface area contributed by atoms with E-state index in [2.05, 4.69) is 533 Å². The molecule has 1 aliphatic heterocycles. The summed E-state index contributed by atoms with van der Waals surface area (Å²) in [7, 11) is 213. The van der Waals surface area contributed by atoms with Crippen molar-refractivity contribution in [1.29, 1.82) is 0 Å². The Kier molecular flexibility index (Phi) is 120. The fourth-order valence-electron chi connectivity index (χ4n) is 10.9. The number of aromatic nitrogens is 3. The molecule has 5 rings (SSSR count). The Morgan fingerprint density at radius 1 is 0.299 bits per heavy atom. The van der Waals surface area contributed by atoms with Crippen molar-refractivity contribution in [3.8, 4) is 34.0 Å². The second-order valence-corrected chi connectivity index (χ2v) is 487. The number of nitrogens with zero attached hydrogens (tertiary/aromatic N) is 3. The molecule has 3 N–H and O–H groups in total. The van der Waals surface area contributed by atoms with Crippen LogP contribution in [0.4, 0.5) is 5.82 Å². The Balaban J connectivity index is 0.000000996. The van der Waals surface area contributed by atoms with Crippen LogP contribution in [-0.2, 0) is 21.1 Å². The number of hydrogen-bond acceptors (Lipinski definition) is 9. The number of nitrogen functional groups attached to an aromatic ring is 1. The number of nitrogens with two attached hydrogens (primary N) is 1. The van der Waals surface area contributed by atoms with Crippen molar-refractivity contribution in [2.24, 2.45) is 0 Å². The van der Waals surface area contributed by atoms with Crippen LogP contribution in [0.25, 0.3) is 34.0 Å². The van der Waals surface area contributed by atoms with E-state index in [1.54, 1.807) is 50.4 Å². The minimum Gasteiger partial charge on any atom is -0.382 e. The maximum absolute atomic E-state index is 12.4. The maximum atomic E-state index is 12.4. The topological polar surface area (TPSA) is 133 Å². The minimum absolute atomic E-state index is 0.211. The predicted octanol–water partition coefficient (Wildman–Crippen LogP) is 68.9. The number of ether oxygens (including phenoxy) is 1. The van der Waals surface area contributed by atoms with Crippen molar-refractivity contribution in [3.63, 3.8) is 0 Å². The van der Waals surface area contributed by atoms with E-state index in [4.69, 9.17) is 15.0 Å². The van der Waals surface area contributed by atoms with E-state index < -0.39 is 392 Å². The third-order valence-electron chi connectivity index (χ3n) is 16.2. The van der Waals surface area contributed by atoms with Gasteiger partial charge in [0.25, 0.3) is 0 Å². The molecular formula is C27H141N5O4P110S. The van der Waals surface area contributed by atoms with Crippen LogP contribution < -0.4 is 11.1 Å². The van der Waals surface area contributed by atoms with Gasteiger partial charge in [-0.25, -0.2) is 18.4 Å². The molecule has 147 heavy (non-hydrogen) atoms. The van der Waals surface area contributed by atoms with Gasteiger partial charge in [-0.05, 0) is 415 Å². The number of rotatable bonds is 61. The number of sulfone groups is 1. The number of anilines is 1. The molecule has 1 fully saturated rings. The zero-order valence-electron chi connectivity index (χ0n) is 77.2. The number of hydrogen-bond donors (Lipinski definition) is 2. The van der Waals surface area contributed by atoms with Crippen LogP contribution in [0.2, 0.25) is 0 Å². The van der Waals surface area contributed by atoms with Crippen molar-refractivity contribution in [2.45, 2.75) is 43.0 Å². The first kappa shape index (κ1) is 183. The summed E-state index contributed by atoms with van der Waals surface area (Å²) in [5, 5.41) is 7.21. The molecular weight excluding hydrogens is 3900 g/mol. The first-order chi connectivity index (χ1) is 67.8. The molecule has 2 aromatic heterocycles. The lowest BCUT2D eigenvalue weighted by Gasteiger charge is -2.65. The average molecular weight is 4040 g/mol. The van der Waals surface area contributed by atoms with E-state index >= 15 is 0 Å². The molecule has 2 aromatic carbocycles. The lowest BCUT2D eigenvalue weighted by Crippen LogP contribution is -2.28. The largest absolute Gasteiger partial charge is 0.382 e. The van der Waals surface area contributed by atoms with Gasteiger partial charge in [0.2, 0.25) is 0 Å². The molecule has 0 bridgehead atoms. The Morgan fingerprint density at radius 3 is 0.687 bits per heavy atom. The maximum Gasteiger partial charge on any atom is 0.189 e. The van der Waals surface area contributed by atoms with E-state index in [0.29, 0.717) is 34.4 Å². The first-order valence-electron chi connectivity index (χ1n) is 37.2. The summed E-state index contributed by atoms with van der Waals surface area (Å²) >= 11 is 0. The van der Waals surface area contributed by atoms with Gasteiger partial charge in [0.1, 0.15) is 5.69 Å². The summed E-state index contributed by atoms with van der Waals surface area (Å²) in [5.74, 6) is 0.607. The van der Waals surface area contributed by atoms with Gasteiger partial charge in [-0.1, -0.05) is 41.6 Å². The molecule has 4 aromatic rings. The third kappa shape index (κ3) is 60.0. The van der Waals surface area contributed by atoms with E-state index in [-0.39, 0.29) is 10.7 Å². The molecule has 57 unspecified atom stereocenters. The van der Waals surface area contributed by atoms with Crippen molar-refractivity contribution < 1.29 is 17.7 Å². The molecule has 0 radical (unpaired) electrons. The standard InChI is InChI=1S/C27H29N5O4S.H112P110/c1-17(2)37(33,34)22-9-7-20(8-10-22)24-15-30-27(28)26(31-24)25-13-23(32-36-25)19-5-3-18(4-6-19)14-29-21-11-12-35-16-21;1-57(2)85(58(3)4)99(86(59(5)6)60(7)8)106(100(87(61(9)10)62(11)12)88(63(13)14)64(15)16)109(105(97(81(49)50)82(51)52)98(83(53)54)84(55)56)110(107(101(89(65(17)18)66(19)20)90(67(21)22)68(23)24)102(91(69(25)26)70(27)28)92(71(29)30)72(31)32)108(103(93(73(33)34)74(35)36)94(75(37)38)76(39)40)104(95(77(41)42)78(43)44)96(79(45)46)80(47)48/h3-10,13,15,17,21,29H,11-12,14,16H2,1-2H3,(H2,28,30);1-56H2/t21-;/m0./s1. The van der Waals surface area contributed by atoms with Crippen molar-refractivity contribution in [3.05, 3.63) is 66.4 Å². The Hall–Kier alpha value is 43.7. The van der Waals surface area contributed by atoms with E-state index in [0.717, 1.165) is 31.7 Å². The Morgan fingerprint density at radius 2 is 0.497 bits per heavy atom. The zero-order valence-corrected chi connectivity index (χ0v) is 191. The Labute approximate surface area is 1080 Å². The van der Waals surface area contributed by atoms with Crippen molar-refractivity contribution in [2.75, 3.05) is 18.9 Å². The van der Waals surface area contributed by atoms with Gasteiger partial charge < -0.3 is 20.3 Å². The van der Waals surface area contributed by atoms with Gasteiger partial charge in [-0.15, -0.1) is 500 Å². The minimum atomic E-state index is -3.36. The molecule has 854 valence electrons. The van der Waals surface area contributed by atoms with Crippen molar-refractivity contribution >= 4 is 893 Å². The molecule has 9 nitrogen and oxygen atoms in total. The lowest BCUT2D eigenvalue weighted by molar-refractivity contribution is 0.190. The smallest absolute Gasteiger partial charge is 0.189 e. The number of nitrogens with one attached hydrogen (secondary N) is 1. The summed E-state index contributed by atoms with van der Waals surface area (Å²) in [4.78, 5) is 9.17. The molecule has 1 aliphatic rings. The van der Waals surface area contributed by atoms with Crippen LogP contribution in [0.15, 0.2) is 70.2 Å². The van der Waals surface area contributed by atoms with Gasteiger partial charge in [-0.3, -0.25) is 0 Å². The van der Waals surface area contributed by atoms with Crippen LogP contribution in [0.5, 0.6) is 0 Å². The summed E-state index contributed by atoms with van der Waals surface area (Å²) in [6, 6.07) is 16.9. The van der Waals surface area contributed by atoms with Crippen LogP contribution >= 0.6 is 877 Å². The second-order valence-electron chi connectivity index (χ2n) is 26.9. The second kappa shape index (κ2) is 96.4. The fraction of sp³-hybridized carbons (Fsp3) is 0.296. The van der Waals surface area contributed by atoms with Crippen LogP contribution in [0.3, 0.4) is 0 Å². The molecule has 0 spiro atoms. The first-order valence-corrected chi connectivity index (χ1v) is 239. The molecule has 1 saturated heterocycles.